The zero-order valence-corrected chi connectivity index (χ0v) is 8.91. The van der Waals surface area contributed by atoms with E-state index < -0.39 is 0 Å². The van der Waals surface area contributed by atoms with E-state index in [0.717, 1.165) is 5.65 Å². The molecule has 0 aliphatic rings. The van der Waals surface area contributed by atoms with Crippen molar-refractivity contribution < 1.29 is 0 Å². The maximum atomic E-state index is 4.39. The third kappa shape index (κ3) is 1.52. The second-order valence-corrected chi connectivity index (χ2v) is 4.22. The van der Waals surface area contributed by atoms with Crippen LogP contribution in [0.1, 0.15) is 32.3 Å². The Morgan fingerprint density at radius 3 is 2.79 bits per heavy atom. The molecule has 0 amide bonds. The number of aromatic nitrogens is 2. The topological polar surface area (TPSA) is 28.7 Å². The monoisotopic (exact) mass is 188 g/mol. The number of aromatic amines is 1. The summed E-state index contributed by atoms with van der Waals surface area (Å²) < 4.78 is 0. The molecule has 0 aliphatic heterocycles. The van der Waals surface area contributed by atoms with E-state index in [-0.39, 0.29) is 0 Å². The van der Waals surface area contributed by atoms with Gasteiger partial charge in [-0.1, -0.05) is 20.8 Å². The number of hydrogen-bond acceptors (Lipinski definition) is 1. The molecule has 14 heavy (non-hydrogen) atoms. The third-order valence-corrected chi connectivity index (χ3v) is 2.95. The Kier molecular flexibility index (Phi) is 2.28. The van der Waals surface area contributed by atoms with Crippen LogP contribution in [0.15, 0.2) is 24.5 Å². The highest BCUT2D eigenvalue weighted by atomic mass is 14.8. The van der Waals surface area contributed by atoms with Gasteiger partial charge in [0.2, 0.25) is 0 Å². The van der Waals surface area contributed by atoms with Gasteiger partial charge in [-0.3, -0.25) is 0 Å². The van der Waals surface area contributed by atoms with E-state index in [0.29, 0.717) is 11.8 Å². The first-order valence-corrected chi connectivity index (χ1v) is 5.11. The predicted molar refractivity (Wildman–Crippen MR) is 59.3 cm³/mol. The molecule has 74 valence electrons. The van der Waals surface area contributed by atoms with E-state index in [1.807, 2.05) is 12.4 Å². The van der Waals surface area contributed by atoms with Crippen LogP contribution in [0.3, 0.4) is 0 Å². The molecule has 0 aromatic carbocycles. The highest BCUT2D eigenvalue weighted by Crippen LogP contribution is 2.24. The largest absolute Gasteiger partial charge is 0.346 e. The van der Waals surface area contributed by atoms with Gasteiger partial charge in [0.15, 0.2) is 0 Å². The van der Waals surface area contributed by atoms with Gasteiger partial charge >= 0.3 is 0 Å². The Labute approximate surface area is 84.4 Å². The van der Waals surface area contributed by atoms with Crippen molar-refractivity contribution in [2.24, 2.45) is 5.92 Å². The van der Waals surface area contributed by atoms with Gasteiger partial charge in [-0.25, -0.2) is 4.98 Å². The summed E-state index contributed by atoms with van der Waals surface area (Å²) in [7, 11) is 0. The van der Waals surface area contributed by atoms with Gasteiger partial charge in [0, 0.05) is 17.8 Å². The smallest absolute Gasteiger partial charge is 0.137 e. The molecule has 0 fully saturated rings. The molecule has 2 aromatic rings. The van der Waals surface area contributed by atoms with Crippen LogP contribution >= 0.6 is 0 Å². The second kappa shape index (κ2) is 3.45. The molecule has 2 aromatic heterocycles. The first-order valence-electron chi connectivity index (χ1n) is 5.11. The zero-order chi connectivity index (χ0) is 10.1. The molecule has 2 nitrogen and oxygen atoms in total. The Bertz CT molecular complexity index is 429. The summed E-state index contributed by atoms with van der Waals surface area (Å²) in [4.78, 5) is 7.49. The van der Waals surface area contributed by atoms with E-state index in [2.05, 4.69) is 42.9 Å². The predicted octanol–water partition coefficient (Wildman–Crippen LogP) is 3.32. The maximum Gasteiger partial charge on any atom is 0.137 e. The molecule has 0 aliphatic carbocycles. The lowest BCUT2D eigenvalue weighted by atomic mass is 9.91. The second-order valence-electron chi connectivity index (χ2n) is 4.22. The lowest BCUT2D eigenvalue weighted by Gasteiger charge is -2.15. The summed E-state index contributed by atoms with van der Waals surface area (Å²) in [6.07, 6.45) is 3.91. The fraction of sp³-hybridized carbons (Fsp3) is 0.417. The normalized spacial score (nSPS) is 13.7. The molecular weight excluding hydrogens is 172 g/mol. The van der Waals surface area contributed by atoms with E-state index in [1.54, 1.807) is 0 Å². The lowest BCUT2D eigenvalue weighted by Crippen LogP contribution is -2.02. The molecule has 1 atom stereocenters. The molecule has 0 radical (unpaired) electrons. The average molecular weight is 188 g/mol. The van der Waals surface area contributed by atoms with Crippen LogP contribution in [0.4, 0.5) is 0 Å². The van der Waals surface area contributed by atoms with Gasteiger partial charge in [0.05, 0.1) is 0 Å². The Hall–Kier alpha value is -1.31. The summed E-state index contributed by atoms with van der Waals surface area (Å²) in [5.74, 6) is 1.23. The highest BCUT2D eigenvalue weighted by molar-refractivity contribution is 5.75. The SMILES string of the molecule is CC(C)C(C)c1cnc2[nH]ccc2c1. The maximum absolute atomic E-state index is 4.39. The number of pyridine rings is 1. The summed E-state index contributed by atoms with van der Waals surface area (Å²) in [5.41, 5.74) is 2.30. The van der Waals surface area contributed by atoms with Crippen LogP contribution in [-0.2, 0) is 0 Å². The molecule has 2 heterocycles. The van der Waals surface area contributed by atoms with Gasteiger partial charge in [-0.05, 0) is 29.5 Å². The van der Waals surface area contributed by atoms with E-state index in [9.17, 15) is 0 Å². The van der Waals surface area contributed by atoms with Gasteiger partial charge in [-0.2, -0.15) is 0 Å². The van der Waals surface area contributed by atoms with Crippen LogP contribution in [0.25, 0.3) is 11.0 Å². The van der Waals surface area contributed by atoms with E-state index >= 15 is 0 Å². The average Bonchev–Trinajstić information content (AvgIpc) is 2.62. The first kappa shape index (κ1) is 9.25. The van der Waals surface area contributed by atoms with Crippen molar-refractivity contribution in [2.75, 3.05) is 0 Å². The van der Waals surface area contributed by atoms with Gasteiger partial charge in [-0.15, -0.1) is 0 Å². The minimum Gasteiger partial charge on any atom is -0.346 e. The Morgan fingerprint density at radius 1 is 1.29 bits per heavy atom. The molecule has 0 bridgehead atoms. The molecular formula is C12H16N2. The Morgan fingerprint density at radius 2 is 2.07 bits per heavy atom. The van der Waals surface area contributed by atoms with Crippen LogP contribution < -0.4 is 0 Å². The molecule has 1 unspecified atom stereocenters. The summed E-state index contributed by atoms with van der Waals surface area (Å²) in [6, 6.07) is 4.29. The van der Waals surface area contributed by atoms with Gasteiger partial charge in [0.1, 0.15) is 5.65 Å². The van der Waals surface area contributed by atoms with Gasteiger partial charge in [0.25, 0.3) is 0 Å². The lowest BCUT2D eigenvalue weighted by molar-refractivity contribution is 0.534. The van der Waals surface area contributed by atoms with Crippen LogP contribution in [0.2, 0.25) is 0 Å². The molecule has 1 N–H and O–H groups in total. The number of nitrogens with zero attached hydrogens (tertiary/aromatic N) is 1. The standard InChI is InChI=1S/C12H16N2/c1-8(2)9(3)11-6-10-4-5-13-12(10)14-7-11/h4-9H,1-3H3,(H,13,14). The summed E-state index contributed by atoms with van der Waals surface area (Å²) in [6.45, 7) is 6.73. The molecule has 2 rings (SSSR count). The zero-order valence-electron chi connectivity index (χ0n) is 8.91. The van der Waals surface area contributed by atoms with Gasteiger partial charge < -0.3 is 4.98 Å². The summed E-state index contributed by atoms with van der Waals surface area (Å²) in [5, 5.41) is 1.20. The number of nitrogens with one attached hydrogen (secondary N) is 1. The van der Waals surface area contributed by atoms with Crippen molar-refractivity contribution in [1.82, 2.24) is 9.97 Å². The quantitative estimate of drug-likeness (QED) is 0.769. The van der Waals surface area contributed by atoms with Crippen LogP contribution in [0, 0.1) is 5.92 Å². The molecule has 0 saturated heterocycles. The van der Waals surface area contributed by atoms with Crippen molar-refractivity contribution >= 4 is 11.0 Å². The number of fused-ring (bicyclic) bond motifs is 1. The number of rotatable bonds is 2. The van der Waals surface area contributed by atoms with Crippen LogP contribution in [0.5, 0.6) is 0 Å². The molecule has 2 heteroatoms. The fourth-order valence-corrected chi connectivity index (χ4v) is 1.59. The first-order chi connectivity index (χ1) is 6.68. The van der Waals surface area contributed by atoms with Crippen molar-refractivity contribution in [3.8, 4) is 0 Å². The van der Waals surface area contributed by atoms with Crippen LogP contribution in [-0.4, -0.2) is 9.97 Å². The highest BCUT2D eigenvalue weighted by Gasteiger charge is 2.10. The molecule has 0 saturated carbocycles. The number of H-pyrrole nitrogens is 1. The van der Waals surface area contributed by atoms with E-state index in [1.165, 1.54) is 10.9 Å². The van der Waals surface area contributed by atoms with Crippen molar-refractivity contribution in [3.05, 3.63) is 30.1 Å². The van der Waals surface area contributed by atoms with Crippen molar-refractivity contribution in [2.45, 2.75) is 26.7 Å². The van der Waals surface area contributed by atoms with E-state index in [4.69, 9.17) is 0 Å². The summed E-state index contributed by atoms with van der Waals surface area (Å²) >= 11 is 0. The van der Waals surface area contributed by atoms with Crippen molar-refractivity contribution in [1.29, 1.82) is 0 Å². The number of hydrogen-bond donors (Lipinski definition) is 1. The fourth-order valence-electron chi connectivity index (χ4n) is 1.59. The minimum atomic E-state index is 0.571. The Balaban J connectivity index is 2.43. The van der Waals surface area contributed by atoms with Crippen molar-refractivity contribution in [3.63, 3.8) is 0 Å². The molecule has 0 spiro atoms. The minimum absolute atomic E-state index is 0.571. The third-order valence-electron chi connectivity index (χ3n) is 2.95.